The summed E-state index contributed by atoms with van der Waals surface area (Å²) in [5.74, 6) is 2.92. The maximum absolute atomic E-state index is 12.7. The quantitative estimate of drug-likeness (QED) is 0.640. The molecule has 31 heavy (non-hydrogen) atoms. The first-order valence-electron chi connectivity index (χ1n) is 10.5. The van der Waals surface area contributed by atoms with Crippen molar-refractivity contribution in [3.8, 4) is 17.3 Å². The van der Waals surface area contributed by atoms with Gasteiger partial charge in [0.25, 0.3) is 0 Å². The Morgan fingerprint density at radius 1 is 1.16 bits per heavy atom. The molecule has 1 fully saturated rings. The largest absolute Gasteiger partial charge is 0.481 e. The van der Waals surface area contributed by atoms with E-state index < -0.39 is 0 Å². The number of oxazole rings is 1. The first-order valence-corrected chi connectivity index (χ1v) is 10.5. The van der Waals surface area contributed by atoms with Crippen LogP contribution in [0.4, 0.5) is 11.6 Å². The van der Waals surface area contributed by atoms with E-state index in [-0.39, 0.29) is 11.8 Å². The molecule has 0 radical (unpaired) electrons. The van der Waals surface area contributed by atoms with Crippen molar-refractivity contribution in [1.29, 1.82) is 0 Å². The number of benzene rings is 1. The summed E-state index contributed by atoms with van der Waals surface area (Å²) in [5, 5.41) is 3.03. The van der Waals surface area contributed by atoms with Crippen molar-refractivity contribution in [2.75, 3.05) is 30.4 Å². The first-order chi connectivity index (χ1) is 15.0. The van der Waals surface area contributed by atoms with E-state index in [4.69, 9.17) is 9.15 Å². The van der Waals surface area contributed by atoms with Gasteiger partial charge in [-0.3, -0.25) is 4.79 Å². The molecule has 2 aromatic heterocycles. The van der Waals surface area contributed by atoms with Crippen LogP contribution in [0, 0.1) is 5.92 Å². The first kappa shape index (κ1) is 20.8. The minimum Gasteiger partial charge on any atom is -0.481 e. The van der Waals surface area contributed by atoms with E-state index in [0.29, 0.717) is 23.6 Å². The topological polar surface area (TPSA) is 93.4 Å². The van der Waals surface area contributed by atoms with Gasteiger partial charge in [0.2, 0.25) is 23.6 Å². The average molecular weight is 422 g/mol. The third kappa shape index (κ3) is 4.84. The predicted molar refractivity (Wildman–Crippen MR) is 118 cm³/mol. The van der Waals surface area contributed by atoms with Gasteiger partial charge in [-0.25, -0.2) is 9.97 Å². The van der Waals surface area contributed by atoms with Gasteiger partial charge in [0.1, 0.15) is 5.76 Å². The molecule has 8 heteroatoms. The summed E-state index contributed by atoms with van der Waals surface area (Å²) in [7, 11) is 1.59. The lowest BCUT2D eigenvalue weighted by Gasteiger charge is -2.31. The van der Waals surface area contributed by atoms with Crippen LogP contribution in [-0.2, 0) is 4.79 Å². The van der Waals surface area contributed by atoms with E-state index >= 15 is 0 Å². The SMILES string of the molecule is COc1ccnc(N2CCC(C(=O)Nc3ccc(-c4ncc(C(C)C)o4)cc3)CC2)n1. The summed E-state index contributed by atoms with van der Waals surface area (Å²) in [4.78, 5) is 27.8. The standard InChI is InChI=1S/C23H27N5O3/c1-15(2)19-14-25-22(31-19)17-4-6-18(7-5-17)26-21(29)16-9-12-28(13-10-16)23-24-11-8-20(27-23)30-3/h4-8,11,14-16H,9-10,12-13H2,1-3H3,(H,26,29). The second kappa shape index (κ2) is 9.16. The van der Waals surface area contributed by atoms with E-state index in [9.17, 15) is 4.79 Å². The third-order valence-electron chi connectivity index (χ3n) is 5.47. The number of ether oxygens (including phenoxy) is 1. The summed E-state index contributed by atoms with van der Waals surface area (Å²) in [6, 6.07) is 9.31. The Balaban J connectivity index is 1.32. The molecule has 1 N–H and O–H groups in total. The van der Waals surface area contributed by atoms with Crippen molar-refractivity contribution in [3.05, 3.63) is 48.5 Å². The summed E-state index contributed by atoms with van der Waals surface area (Å²) in [6.07, 6.45) is 4.95. The summed E-state index contributed by atoms with van der Waals surface area (Å²) < 4.78 is 11.0. The summed E-state index contributed by atoms with van der Waals surface area (Å²) in [6.45, 7) is 5.59. The van der Waals surface area contributed by atoms with Gasteiger partial charge in [-0.05, 0) is 37.1 Å². The number of anilines is 2. The lowest BCUT2D eigenvalue weighted by Crippen LogP contribution is -2.39. The summed E-state index contributed by atoms with van der Waals surface area (Å²) in [5.41, 5.74) is 1.65. The molecule has 0 saturated carbocycles. The number of aromatic nitrogens is 3. The molecule has 1 saturated heterocycles. The molecule has 0 aliphatic carbocycles. The van der Waals surface area contributed by atoms with E-state index in [1.807, 2.05) is 24.3 Å². The highest BCUT2D eigenvalue weighted by molar-refractivity contribution is 5.92. The molecule has 0 unspecified atom stereocenters. The predicted octanol–water partition coefficient (Wildman–Crippen LogP) is 4.12. The average Bonchev–Trinajstić information content (AvgIpc) is 3.30. The monoisotopic (exact) mass is 421 g/mol. The van der Waals surface area contributed by atoms with Crippen molar-refractivity contribution >= 4 is 17.5 Å². The highest BCUT2D eigenvalue weighted by Gasteiger charge is 2.26. The van der Waals surface area contributed by atoms with Gasteiger partial charge in [-0.15, -0.1) is 0 Å². The second-order valence-electron chi connectivity index (χ2n) is 7.95. The highest BCUT2D eigenvalue weighted by atomic mass is 16.5. The number of nitrogens with zero attached hydrogens (tertiary/aromatic N) is 4. The molecule has 0 bridgehead atoms. The number of hydrogen-bond acceptors (Lipinski definition) is 7. The second-order valence-corrected chi connectivity index (χ2v) is 7.95. The highest BCUT2D eigenvalue weighted by Crippen LogP contribution is 2.26. The van der Waals surface area contributed by atoms with Crippen LogP contribution in [0.2, 0.25) is 0 Å². The van der Waals surface area contributed by atoms with Crippen molar-refractivity contribution in [2.45, 2.75) is 32.6 Å². The number of carbonyl (C=O) groups is 1. The van der Waals surface area contributed by atoms with Crippen LogP contribution in [-0.4, -0.2) is 41.1 Å². The fourth-order valence-corrected chi connectivity index (χ4v) is 3.57. The van der Waals surface area contributed by atoms with Gasteiger partial charge >= 0.3 is 0 Å². The molecule has 1 aliphatic rings. The molecule has 3 aromatic rings. The Morgan fingerprint density at radius 2 is 1.90 bits per heavy atom. The lowest BCUT2D eigenvalue weighted by atomic mass is 9.96. The Kier molecular flexibility index (Phi) is 6.16. The number of carbonyl (C=O) groups excluding carboxylic acids is 1. The van der Waals surface area contributed by atoms with E-state index in [2.05, 4.69) is 39.0 Å². The number of amides is 1. The molecular weight excluding hydrogens is 394 g/mol. The van der Waals surface area contributed by atoms with Crippen molar-refractivity contribution in [1.82, 2.24) is 15.0 Å². The van der Waals surface area contributed by atoms with Crippen LogP contribution < -0.4 is 15.0 Å². The van der Waals surface area contributed by atoms with Crippen molar-refractivity contribution < 1.29 is 13.9 Å². The zero-order valence-corrected chi connectivity index (χ0v) is 18.0. The Bertz CT molecular complexity index is 1020. The minimum absolute atomic E-state index is 0.0391. The molecule has 0 spiro atoms. The molecule has 1 amide bonds. The smallest absolute Gasteiger partial charge is 0.228 e. The fourth-order valence-electron chi connectivity index (χ4n) is 3.57. The van der Waals surface area contributed by atoms with Crippen molar-refractivity contribution in [2.24, 2.45) is 5.92 Å². The molecule has 1 aromatic carbocycles. The maximum atomic E-state index is 12.7. The van der Waals surface area contributed by atoms with Crippen LogP contribution in [0.25, 0.3) is 11.5 Å². The normalized spacial score (nSPS) is 14.6. The van der Waals surface area contributed by atoms with Gasteiger partial charge in [0, 0.05) is 48.4 Å². The minimum atomic E-state index is -0.0399. The Labute approximate surface area is 181 Å². The van der Waals surface area contributed by atoms with Gasteiger partial charge in [-0.2, -0.15) is 4.98 Å². The molecule has 0 atom stereocenters. The van der Waals surface area contributed by atoms with Crippen molar-refractivity contribution in [3.63, 3.8) is 0 Å². The van der Waals surface area contributed by atoms with Crippen LogP contribution in [0.1, 0.15) is 38.4 Å². The number of methoxy groups -OCH3 is 1. The van der Waals surface area contributed by atoms with E-state index in [0.717, 1.165) is 42.9 Å². The molecule has 4 rings (SSSR count). The number of rotatable bonds is 6. The molecule has 3 heterocycles. The number of nitrogens with one attached hydrogen (secondary N) is 1. The van der Waals surface area contributed by atoms with Gasteiger partial charge in [0.05, 0.1) is 13.3 Å². The van der Waals surface area contributed by atoms with Gasteiger partial charge < -0.3 is 19.4 Å². The third-order valence-corrected chi connectivity index (χ3v) is 5.47. The zero-order valence-electron chi connectivity index (χ0n) is 18.0. The lowest BCUT2D eigenvalue weighted by molar-refractivity contribution is -0.120. The number of piperidine rings is 1. The van der Waals surface area contributed by atoms with E-state index in [1.54, 1.807) is 25.6 Å². The van der Waals surface area contributed by atoms with Crippen LogP contribution in [0.3, 0.4) is 0 Å². The zero-order chi connectivity index (χ0) is 21.8. The Hall–Kier alpha value is -3.42. The van der Waals surface area contributed by atoms with Gasteiger partial charge in [-0.1, -0.05) is 13.8 Å². The molecule has 162 valence electrons. The molecular formula is C23H27N5O3. The Morgan fingerprint density at radius 3 is 2.55 bits per heavy atom. The van der Waals surface area contributed by atoms with Crippen LogP contribution in [0.15, 0.2) is 47.1 Å². The molecule has 8 nitrogen and oxygen atoms in total. The maximum Gasteiger partial charge on any atom is 0.228 e. The van der Waals surface area contributed by atoms with Crippen LogP contribution >= 0.6 is 0 Å². The molecule has 1 aliphatic heterocycles. The summed E-state index contributed by atoms with van der Waals surface area (Å²) >= 11 is 0. The van der Waals surface area contributed by atoms with Crippen LogP contribution in [0.5, 0.6) is 5.88 Å². The number of hydrogen-bond donors (Lipinski definition) is 1. The van der Waals surface area contributed by atoms with E-state index in [1.165, 1.54) is 0 Å². The fraction of sp³-hybridized carbons (Fsp3) is 0.391. The van der Waals surface area contributed by atoms with Gasteiger partial charge in [0.15, 0.2) is 0 Å².